The summed E-state index contributed by atoms with van der Waals surface area (Å²) in [6, 6.07) is 6.55. The van der Waals surface area contributed by atoms with Gasteiger partial charge in [0, 0.05) is 0 Å². The molecule has 3 nitrogen and oxygen atoms in total. The van der Waals surface area contributed by atoms with Crippen molar-refractivity contribution in [2.45, 2.75) is 25.4 Å². The molecule has 0 saturated heterocycles. The minimum absolute atomic E-state index is 0.230. The summed E-state index contributed by atoms with van der Waals surface area (Å²) in [7, 11) is 0. The zero-order valence-corrected chi connectivity index (χ0v) is 8.60. The predicted octanol–water partition coefficient (Wildman–Crippen LogP) is 2.00. The maximum Gasteiger partial charge on any atom is 0.335 e. The van der Waals surface area contributed by atoms with Crippen LogP contribution in [-0.4, -0.2) is 16.2 Å². The first-order valence-electron chi connectivity index (χ1n) is 5.08. The van der Waals surface area contributed by atoms with Crippen molar-refractivity contribution in [3.05, 3.63) is 35.4 Å². The molecule has 1 aliphatic carbocycles. The second-order valence-electron chi connectivity index (χ2n) is 4.31. The van der Waals surface area contributed by atoms with E-state index in [9.17, 15) is 9.90 Å². The first-order chi connectivity index (χ1) is 7.01. The third kappa shape index (κ3) is 1.88. The summed E-state index contributed by atoms with van der Waals surface area (Å²) in [6.45, 7) is 1.76. The van der Waals surface area contributed by atoms with E-state index in [0.29, 0.717) is 5.56 Å². The molecule has 1 fully saturated rings. The molecule has 0 bridgehead atoms. The van der Waals surface area contributed by atoms with Crippen LogP contribution in [0.15, 0.2) is 24.3 Å². The Morgan fingerprint density at radius 3 is 2.67 bits per heavy atom. The number of carbonyl (C=O) groups is 1. The normalized spacial score (nSPS) is 19.6. The van der Waals surface area contributed by atoms with Crippen LogP contribution >= 0.6 is 0 Å². The van der Waals surface area contributed by atoms with Gasteiger partial charge < -0.3 is 10.2 Å². The summed E-state index contributed by atoms with van der Waals surface area (Å²) in [5, 5.41) is 19.1. The lowest BCUT2D eigenvalue weighted by Crippen LogP contribution is -2.24. The predicted molar refractivity (Wildman–Crippen MR) is 55.7 cm³/mol. The Balaban J connectivity index is 2.35. The van der Waals surface area contributed by atoms with Gasteiger partial charge in [-0.2, -0.15) is 0 Å². The summed E-state index contributed by atoms with van der Waals surface area (Å²) >= 11 is 0. The van der Waals surface area contributed by atoms with Gasteiger partial charge in [0.15, 0.2) is 0 Å². The van der Waals surface area contributed by atoms with Crippen molar-refractivity contribution >= 4 is 5.97 Å². The number of rotatable bonds is 3. The summed E-state index contributed by atoms with van der Waals surface area (Å²) < 4.78 is 0. The Labute approximate surface area is 88.4 Å². The van der Waals surface area contributed by atoms with E-state index in [2.05, 4.69) is 0 Å². The number of hydrogen-bond acceptors (Lipinski definition) is 2. The summed E-state index contributed by atoms with van der Waals surface area (Å²) in [6.07, 6.45) is 2.04. The number of carboxylic acid groups (broad SMARTS) is 1. The molecule has 0 radical (unpaired) electrons. The van der Waals surface area contributed by atoms with E-state index < -0.39 is 11.6 Å². The van der Waals surface area contributed by atoms with Crippen molar-refractivity contribution in [1.82, 2.24) is 0 Å². The van der Waals surface area contributed by atoms with Gasteiger partial charge in [0.25, 0.3) is 0 Å². The first-order valence-corrected chi connectivity index (χ1v) is 5.08. The van der Waals surface area contributed by atoms with Crippen LogP contribution in [0.5, 0.6) is 0 Å². The molecule has 1 atom stereocenters. The molecule has 0 aromatic heterocycles. The molecule has 15 heavy (non-hydrogen) atoms. The van der Waals surface area contributed by atoms with E-state index in [4.69, 9.17) is 5.11 Å². The first kappa shape index (κ1) is 10.2. The fraction of sp³-hybridized carbons (Fsp3) is 0.417. The van der Waals surface area contributed by atoms with Crippen molar-refractivity contribution in [3.8, 4) is 0 Å². The smallest absolute Gasteiger partial charge is 0.335 e. The van der Waals surface area contributed by atoms with Crippen molar-refractivity contribution in [2.24, 2.45) is 5.92 Å². The van der Waals surface area contributed by atoms with Crippen LogP contribution in [0.3, 0.4) is 0 Å². The molecular weight excluding hydrogens is 192 g/mol. The summed E-state index contributed by atoms with van der Waals surface area (Å²) in [4.78, 5) is 10.8. The largest absolute Gasteiger partial charge is 0.478 e. The molecule has 1 aromatic rings. The van der Waals surface area contributed by atoms with Crippen LogP contribution < -0.4 is 0 Å². The number of aromatic carboxylic acids is 1. The molecule has 80 valence electrons. The molecule has 2 N–H and O–H groups in total. The topological polar surface area (TPSA) is 57.5 Å². The minimum atomic E-state index is -0.955. The highest BCUT2D eigenvalue weighted by Gasteiger charge is 2.41. The van der Waals surface area contributed by atoms with Gasteiger partial charge in [0.05, 0.1) is 11.2 Å². The fourth-order valence-corrected chi connectivity index (χ4v) is 1.85. The van der Waals surface area contributed by atoms with Crippen LogP contribution in [0.2, 0.25) is 0 Å². The molecule has 1 aromatic carbocycles. The molecule has 1 unspecified atom stereocenters. The maximum atomic E-state index is 10.8. The Bertz CT molecular complexity index is 392. The second kappa shape index (κ2) is 3.35. The molecule has 1 saturated carbocycles. The molecule has 3 heteroatoms. The Hall–Kier alpha value is -1.35. The van der Waals surface area contributed by atoms with Gasteiger partial charge in [0.1, 0.15) is 0 Å². The lowest BCUT2D eigenvalue weighted by atomic mass is 9.90. The Kier molecular flexibility index (Phi) is 2.27. The van der Waals surface area contributed by atoms with Gasteiger partial charge in [0.2, 0.25) is 0 Å². The number of hydrogen-bond donors (Lipinski definition) is 2. The lowest BCUT2D eigenvalue weighted by Gasteiger charge is -2.23. The van der Waals surface area contributed by atoms with Crippen molar-refractivity contribution < 1.29 is 15.0 Å². The van der Waals surface area contributed by atoms with Crippen LogP contribution in [-0.2, 0) is 5.60 Å². The molecule has 0 aliphatic heterocycles. The number of benzene rings is 1. The average molecular weight is 206 g/mol. The minimum Gasteiger partial charge on any atom is -0.478 e. The van der Waals surface area contributed by atoms with Crippen LogP contribution in [0.1, 0.15) is 35.7 Å². The number of aliphatic hydroxyl groups is 1. The maximum absolute atomic E-state index is 10.8. The molecule has 1 aliphatic rings. The van der Waals surface area contributed by atoms with Crippen LogP contribution in [0.4, 0.5) is 0 Å². The number of carboxylic acids is 1. The third-order valence-corrected chi connectivity index (χ3v) is 3.07. The SMILES string of the molecule is CC(O)(c1cccc(C(=O)O)c1)C1CC1. The van der Waals surface area contributed by atoms with Crippen molar-refractivity contribution in [1.29, 1.82) is 0 Å². The molecule has 0 amide bonds. The zero-order valence-electron chi connectivity index (χ0n) is 8.60. The highest BCUT2D eigenvalue weighted by atomic mass is 16.4. The average Bonchev–Trinajstić information content (AvgIpc) is 3.01. The summed E-state index contributed by atoms with van der Waals surface area (Å²) in [5.41, 5.74) is 0.0455. The monoisotopic (exact) mass is 206 g/mol. The summed E-state index contributed by atoms with van der Waals surface area (Å²) in [5.74, 6) is -0.676. The molecule has 2 rings (SSSR count). The fourth-order valence-electron chi connectivity index (χ4n) is 1.85. The highest BCUT2D eigenvalue weighted by molar-refractivity contribution is 5.87. The van der Waals surface area contributed by atoms with E-state index in [1.54, 1.807) is 25.1 Å². The van der Waals surface area contributed by atoms with Crippen molar-refractivity contribution in [2.75, 3.05) is 0 Å². The van der Waals surface area contributed by atoms with E-state index in [1.807, 2.05) is 0 Å². The van der Waals surface area contributed by atoms with Crippen molar-refractivity contribution in [3.63, 3.8) is 0 Å². The second-order valence-corrected chi connectivity index (χ2v) is 4.31. The van der Waals surface area contributed by atoms with Gasteiger partial charge >= 0.3 is 5.97 Å². The molecule has 0 spiro atoms. The quantitative estimate of drug-likeness (QED) is 0.795. The Morgan fingerprint density at radius 1 is 1.47 bits per heavy atom. The third-order valence-electron chi connectivity index (χ3n) is 3.07. The lowest BCUT2D eigenvalue weighted by molar-refractivity contribution is 0.0330. The molecular formula is C12H14O3. The highest BCUT2D eigenvalue weighted by Crippen LogP contribution is 2.45. The van der Waals surface area contributed by atoms with Gasteiger partial charge in [-0.25, -0.2) is 4.79 Å². The Morgan fingerprint density at radius 2 is 2.13 bits per heavy atom. The van der Waals surface area contributed by atoms with Gasteiger partial charge in [-0.1, -0.05) is 12.1 Å². The molecule has 0 heterocycles. The van der Waals surface area contributed by atoms with Gasteiger partial charge in [-0.05, 0) is 43.4 Å². The van der Waals surface area contributed by atoms with E-state index >= 15 is 0 Å². The van der Waals surface area contributed by atoms with Crippen LogP contribution in [0, 0.1) is 5.92 Å². The van der Waals surface area contributed by atoms with E-state index in [1.165, 1.54) is 6.07 Å². The zero-order chi connectivity index (χ0) is 11.1. The van der Waals surface area contributed by atoms with E-state index in [-0.39, 0.29) is 11.5 Å². The standard InChI is InChI=1S/C12H14O3/c1-12(15,9-5-6-9)10-4-2-3-8(7-10)11(13)14/h2-4,7,9,15H,5-6H2,1H3,(H,13,14). The van der Waals surface area contributed by atoms with E-state index in [0.717, 1.165) is 12.8 Å². The van der Waals surface area contributed by atoms with Gasteiger partial charge in [-0.3, -0.25) is 0 Å². The van der Waals surface area contributed by atoms with Gasteiger partial charge in [-0.15, -0.1) is 0 Å². The van der Waals surface area contributed by atoms with Crippen LogP contribution in [0.25, 0.3) is 0 Å².